The molecule has 0 aliphatic carbocycles. The molecule has 15 heavy (non-hydrogen) atoms. The van der Waals surface area contributed by atoms with Gasteiger partial charge in [-0.15, -0.1) is 35.4 Å². The maximum Gasteiger partial charge on any atom is 0.0190 e. The Hall–Kier alpha value is -0.981. The number of benzene rings is 1. The first-order valence-corrected chi connectivity index (χ1v) is 4.67. The van der Waals surface area contributed by atoms with Crippen molar-refractivity contribution in [3.8, 4) is 11.3 Å². The number of pyridine rings is 1. The van der Waals surface area contributed by atoms with E-state index < -0.39 is 0 Å². The fourth-order valence-electron chi connectivity index (χ4n) is 1.36. The SMILES string of the molecule is Cc1ccc(-c2[c-]ccc(C)c2)nc1.[Ir]. The Bertz CT molecular complexity index is 435. The first-order valence-electron chi connectivity index (χ1n) is 4.67. The number of nitrogens with zero attached hydrogens (tertiary/aromatic N) is 1. The minimum Gasteiger partial charge on any atom is -0.304 e. The van der Waals surface area contributed by atoms with E-state index in [4.69, 9.17) is 0 Å². The van der Waals surface area contributed by atoms with Crippen LogP contribution in [0.2, 0.25) is 0 Å². The quantitative estimate of drug-likeness (QED) is 0.699. The average molecular weight is 374 g/mol. The van der Waals surface area contributed by atoms with Gasteiger partial charge in [-0.25, -0.2) is 0 Å². The Balaban J connectivity index is 0.00000112. The van der Waals surface area contributed by atoms with E-state index in [1.165, 1.54) is 11.1 Å². The molecule has 0 unspecified atom stereocenters. The molecule has 1 heterocycles. The van der Waals surface area contributed by atoms with Crippen LogP contribution in [0.15, 0.2) is 36.5 Å². The number of aryl methyl sites for hydroxylation is 2. The summed E-state index contributed by atoms with van der Waals surface area (Å²) >= 11 is 0. The molecule has 0 spiro atoms. The summed E-state index contributed by atoms with van der Waals surface area (Å²) in [6.45, 7) is 4.11. The van der Waals surface area contributed by atoms with Gasteiger partial charge in [-0.1, -0.05) is 19.1 Å². The largest absolute Gasteiger partial charge is 0.304 e. The Morgan fingerprint density at radius 1 is 1.07 bits per heavy atom. The van der Waals surface area contributed by atoms with Crippen LogP contribution in [0.3, 0.4) is 0 Å². The van der Waals surface area contributed by atoms with E-state index in [0.29, 0.717) is 0 Å². The predicted molar refractivity (Wildman–Crippen MR) is 58.0 cm³/mol. The summed E-state index contributed by atoms with van der Waals surface area (Å²) in [6, 6.07) is 13.3. The number of aromatic nitrogens is 1. The second kappa shape index (κ2) is 5.20. The minimum absolute atomic E-state index is 0. The van der Waals surface area contributed by atoms with Crippen molar-refractivity contribution < 1.29 is 20.1 Å². The Morgan fingerprint density at radius 3 is 2.47 bits per heavy atom. The van der Waals surface area contributed by atoms with Gasteiger partial charge in [-0.3, -0.25) is 0 Å². The van der Waals surface area contributed by atoms with Crippen LogP contribution in [-0.2, 0) is 20.1 Å². The van der Waals surface area contributed by atoms with Gasteiger partial charge >= 0.3 is 0 Å². The van der Waals surface area contributed by atoms with Crippen LogP contribution in [0.25, 0.3) is 11.3 Å². The van der Waals surface area contributed by atoms with Crippen LogP contribution >= 0.6 is 0 Å². The molecule has 79 valence electrons. The first-order chi connectivity index (χ1) is 6.75. The summed E-state index contributed by atoms with van der Waals surface area (Å²) in [5.41, 5.74) is 4.46. The number of hydrogen-bond acceptors (Lipinski definition) is 1. The van der Waals surface area contributed by atoms with E-state index in [0.717, 1.165) is 11.3 Å². The van der Waals surface area contributed by atoms with E-state index in [2.05, 4.69) is 30.1 Å². The summed E-state index contributed by atoms with van der Waals surface area (Å²) in [5.74, 6) is 0. The van der Waals surface area contributed by atoms with Crippen LogP contribution in [0, 0.1) is 19.9 Å². The summed E-state index contributed by atoms with van der Waals surface area (Å²) in [6.07, 6.45) is 1.88. The van der Waals surface area contributed by atoms with Crippen LogP contribution in [0.4, 0.5) is 0 Å². The van der Waals surface area contributed by atoms with Crippen molar-refractivity contribution in [2.75, 3.05) is 0 Å². The van der Waals surface area contributed by atoms with Crippen molar-refractivity contribution in [2.24, 2.45) is 0 Å². The monoisotopic (exact) mass is 375 g/mol. The smallest absolute Gasteiger partial charge is 0.0190 e. The van der Waals surface area contributed by atoms with Crippen molar-refractivity contribution in [1.82, 2.24) is 4.98 Å². The predicted octanol–water partition coefficient (Wildman–Crippen LogP) is 3.16. The third-order valence-electron chi connectivity index (χ3n) is 2.14. The molecule has 0 amide bonds. The molecule has 2 heteroatoms. The average Bonchev–Trinajstić information content (AvgIpc) is 2.19. The maximum absolute atomic E-state index is 4.36. The molecule has 1 nitrogen and oxygen atoms in total. The van der Waals surface area contributed by atoms with E-state index >= 15 is 0 Å². The Morgan fingerprint density at radius 2 is 1.87 bits per heavy atom. The topological polar surface area (TPSA) is 12.9 Å². The molecule has 0 N–H and O–H groups in total. The fraction of sp³-hybridized carbons (Fsp3) is 0.154. The summed E-state index contributed by atoms with van der Waals surface area (Å²) in [5, 5.41) is 0. The van der Waals surface area contributed by atoms with E-state index in [1.807, 2.05) is 31.3 Å². The third-order valence-corrected chi connectivity index (χ3v) is 2.14. The molecule has 0 bridgehead atoms. The van der Waals surface area contributed by atoms with Gasteiger partial charge in [0.2, 0.25) is 0 Å². The van der Waals surface area contributed by atoms with Crippen molar-refractivity contribution >= 4 is 0 Å². The number of hydrogen-bond donors (Lipinski definition) is 0. The molecule has 2 aromatic rings. The van der Waals surface area contributed by atoms with Gasteiger partial charge in [0.1, 0.15) is 0 Å². The maximum atomic E-state index is 4.36. The van der Waals surface area contributed by atoms with Gasteiger partial charge in [-0.2, -0.15) is 0 Å². The Labute approximate surface area is 104 Å². The molecule has 0 atom stereocenters. The third kappa shape index (κ3) is 2.98. The zero-order valence-corrected chi connectivity index (χ0v) is 11.1. The molecule has 1 radical (unpaired) electrons. The fourth-order valence-corrected chi connectivity index (χ4v) is 1.36. The normalized spacial score (nSPS) is 9.47. The van der Waals surface area contributed by atoms with Crippen LogP contribution in [-0.4, -0.2) is 4.98 Å². The Kier molecular flexibility index (Phi) is 4.19. The minimum atomic E-state index is 0. The molecule has 0 saturated carbocycles. The molecule has 1 aromatic heterocycles. The molecule has 0 aliphatic heterocycles. The second-order valence-corrected chi connectivity index (χ2v) is 3.50. The molecule has 1 aromatic carbocycles. The number of rotatable bonds is 1. The van der Waals surface area contributed by atoms with E-state index in [9.17, 15) is 0 Å². The van der Waals surface area contributed by atoms with Gasteiger partial charge in [0.05, 0.1) is 0 Å². The van der Waals surface area contributed by atoms with Crippen molar-refractivity contribution in [3.63, 3.8) is 0 Å². The van der Waals surface area contributed by atoms with Crippen LogP contribution in [0.1, 0.15) is 11.1 Å². The first kappa shape index (κ1) is 12.1. The van der Waals surface area contributed by atoms with Crippen LogP contribution in [0.5, 0.6) is 0 Å². The molecule has 2 rings (SSSR count). The van der Waals surface area contributed by atoms with Crippen molar-refractivity contribution in [3.05, 3.63) is 53.7 Å². The molecule has 0 saturated heterocycles. The van der Waals surface area contributed by atoms with Gasteiger partial charge in [0, 0.05) is 26.3 Å². The van der Waals surface area contributed by atoms with Crippen LogP contribution < -0.4 is 0 Å². The summed E-state index contributed by atoms with van der Waals surface area (Å²) in [7, 11) is 0. The summed E-state index contributed by atoms with van der Waals surface area (Å²) < 4.78 is 0. The summed E-state index contributed by atoms with van der Waals surface area (Å²) in [4.78, 5) is 4.36. The molecular weight excluding hydrogens is 362 g/mol. The van der Waals surface area contributed by atoms with Crippen molar-refractivity contribution in [1.29, 1.82) is 0 Å². The molecular formula is C13H12IrN-. The molecule has 0 aliphatic rings. The van der Waals surface area contributed by atoms with Gasteiger partial charge in [0.15, 0.2) is 0 Å². The van der Waals surface area contributed by atoms with Gasteiger partial charge < -0.3 is 4.98 Å². The van der Waals surface area contributed by atoms with E-state index in [1.54, 1.807) is 0 Å². The molecule has 0 fully saturated rings. The van der Waals surface area contributed by atoms with Crippen molar-refractivity contribution in [2.45, 2.75) is 13.8 Å². The zero-order chi connectivity index (χ0) is 9.97. The van der Waals surface area contributed by atoms with Gasteiger partial charge in [-0.05, 0) is 18.2 Å². The van der Waals surface area contributed by atoms with E-state index in [-0.39, 0.29) is 20.1 Å². The standard InChI is InChI=1S/C13H12N.Ir/c1-10-4-3-5-12(8-10)13-7-6-11(2)9-14-13;/h3-4,6-9H,1-2H3;/q-1;. The zero-order valence-electron chi connectivity index (χ0n) is 8.74. The van der Waals surface area contributed by atoms with Gasteiger partial charge in [0.25, 0.3) is 0 Å². The second-order valence-electron chi connectivity index (χ2n) is 3.50.